The van der Waals surface area contributed by atoms with Crippen molar-refractivity contribution in [1.29, 1.82) is 0 Å². The van der Waals surface area contributed by atoms with E-state index in [1.54, 1.807) is 18.2 Å². The Morgan fingerprint density at radius 3 is 2.86 bits per heavy atom. The highest BCUT2D eigenvalue weighted by molar-refractivity contribution is 5.91. The van der Waals surface area contributed by atoms with Crippen LogP contribution >= 0.6 is 0 Å². The van der Waals surface area contributed by atoms with Gasteiger partial charge in [0.1, 0.15) is 13.2 Å². The monoisotopic (exact) mass is 290 g/mol. The number of fused-ring (bicyclic) bond motifs is 1. The summed E-state index contributed by atoms with van der Waals surface area (Å²) >= 11 is 0. The lowest BCUT2D eigenvalue weighted by atomic mass is 10.1. The van der Waals surface area contributed by atoms with Crippen molar-refractivity contribution < 1.29 is 23.9 Å². The molecule has 0 saturated heterocycles. The molecule has 2 aromatic rings. The van der Waals surface area contributed by atoms with Gasteiger partial charge in [-0.1, -0.05) is 11.2 Å². The average molecular weight is 290 g/mol. The minimum Gasteiger partial charge on any atom is -0.486 e. The van der Waals surface area contributed by atoms with Crippen LogP contribution in [-0.4, -0.2) is 35.9 Å². The second kappa shape index (κ2) is 5.84. The maximum absolute atomic E-state index is 11.7. The molecule has 0 fully saturated rings. The second-order valence-electron chi connectivity index (χ2n) is 4.51. The van der Waals surface area contributed by atoms with Gasteiger partial charge in [0, 0.05) is 12.6 Å². The molecule has 0 saturated carbocycles. The molecule has 7 heteroatoms. The fourth-order valence-electron chi connectivity index (χ4n) is 1.99. The van der Waals surface area contributed by atoms with Crippen molar-refractivity contribution in [2.75, 3.05) is 19.8 Å². The minimum atomic E-state index is -0.854. The van der Waals surface area contributed by atoms with Gasteiger partial charge < -0.3 is 24.4 Å². The number of ether oxygens (including phenoxy) is 2. The van der Waals surface area contributed by atoms with Crippen molar-refractivity contribution in [3.63, 3.8) is 0 Å². The number of aliphatic hydroxyl groups excluding tert-OH is 1. The summed E-state index contributed by atoms with van der Waals surface area (Å²) in [6, 6.07) is 6.63. The second-order valence-corrected chi connectivity index (χ2v) is 4.51. The number of carbonyl (C=O) groups is 1. The van der Waals surface area contributed by atoms with Crippen LogP contribution in [-0.2, 0) is 0 Å². The molecule has 1 atom stereocenters. The first-order chi connectivity index (χ1) is 10.2. The first-order valence-corrected chi connectivity index (χ1v) is 6.50. The normalized spacial score (nSPS) is 14.5. The third-order valence-corrected chi connectivity index (χ3v) is 3.07. The van der Waals surface area contributed by atoms with Crippen LogP contribution in [0.1, 0.15) is 22.2 Å². The van der Waals surface area contributed by atoms with Gasteiger partial charge in [0.05, 0.1) is 12.3 Å². The van der Waals surface area contributed by atoms with E-state index in [4.69, 9.17) is 14.0 Å². The lowest BCUT2D eigenvalue weighted by molar-refractivity contribution is 0.0879. The van der Waals surface area contributed by atoms with Crippen molar-refractivity contribution in [2.45, 2.75) is 6.10 Å². The Labute approximate surface area is 120 Å². The third-order valence-electron chi connectivity index (χ3n) is 3.07. The van der Waals surface area contributed by atoms with Crippen LogP contribution in [0.4, 0.5) is 0 Å². The summed E-state index contributed by atoms with van der Waals surface area (Å²) in [5, 5.41) is 16.1. The molecule has 2 N–H and O–H groups in total. The topological polar surface area (TPSA) is 93.8 Å². The Hall–Kier alpha value is -2.54. The number of benzene rings is 1. The Bertz CT molecular complexity index is 626. The number of nitrogens with one attached hydrogen (secondary N) is 1. The Morgan fingerprint density at radius 1 is 1.29 bits per heavy atom. The molecular formula is C14H14N2O5. The molecule has 21 heavy (non-hydrogen) atoms. The SMILES string of the molecule is O=C(NCC(O)c1ccc2c(c1)OCCO2)c1ccno1. The summed E-state index contributed by atoms with van der Waals surface area (Å²) in [5.74, 6) is 0.927. The molecule has 0 bridgehead atoms. The number of rotatable bonds is 4. The van der Waals surface area contributed by atoms with E-state index in [2.05, 4.69) is 10.5 Å². The fourth-order valence-corrected chi connectivity index (χ4v) is 1.99. The zero-order valence-electron chi connectivity index (χ0n) is 11.1. The predicted molar refractivity (Wildman–Crippen MR) is 71.2 cm³/mol. The maximum atomic E-state index is 11.7. The van der Waals surface area contributed by atoms with Crippen molar-refractivity contribution >= 4 is 5.91 Å². The largest absolute Gasteiger partial charge is 0.486 e. The minimum absolute atomic E-state index is 0.0547. The molecule has 1 amide bonds. The van der Waals surface area contributed by atoms with Gasteiger partial charge in [-0.05, 0) is 17.7 Å². The molecule has 1 unspecified atom stereocenters. The predicted octanol–water partition coefficient (Wildman–Crippen LogP) is 0.909. The Morgan fingerprint density at radius 2 is 2.10 bits per heavy atom. The summed E-state index contributed by atoms with van der Waals surface area (Å²) in [4.78, 5) is 11.7. The quantitative estimate of drug-likeness (QED) is 0.869. The number of carbonyl (C=O) groups excluding carboxylic acids is 1. The maximum Gasteiger partial charge on any atom is 0.289 e. The van der Waals surface area contributed by atoms with Crippen molar-refractivity contribution in [3.8, 4) is 11.5 Å². The number of hydrogen-bond donors (Lipinski definition) is 2. The lowest BCUT2D eigenvalue weighted by Gasteiger charge is -2.20. The summed E-state index contributed by atoms with van der Waals surface area (Å²) in [6.07, 6.45) is 0.527. The van der Waals surface area contributed by atoms with E-state index in [0.717, 1.165) is 0 Å². The van der Waals surface area contributed by atoms with E-state index >= 15 is 0 Å². The van der Waals surface area contributed by atoms with Crippen LogP contribution in [0.2, 0.25) is 0 Å². The molecule has 3 rings (SSSR count). The summed E-state index contributed by atoms with van der Waals surface area (Å²) < 4.78 is 15.6. The molecule has 110 valence electrons. The van der Waals surface area contributed by atoms with E-state index in [9.17, 15) is 9.90 Å². The highest BCUT2D eigenvalue weighted by Gasteiger charge is 2.17. The summed E-state index contributed by atoms with van der Waals surface area (Å²) in [5.41, 5.74) is 0.636. The van der Waals surface area contributed by atoms with Gasteiger partial charge in [-0.15, -0.1) is 0 Å². The van der Waals surface area contributed by atoms with Crippen LogP contribution in [0, 0.1) is 0 Å². The van der Waals surface area contributed by atoms with Crippen LogP contribution < -0.4 is 14.8 Å². The molecule has 1 aromatic carbocycles. The molecule has 1 aliphatic rings. The number of amides is 1. The first kappa shape index (κ1) is 13.4. The van der Waals surface area contributed by atoms with Crippen LogP contribution in [0.3, 0.4) is 0 Å². The highest BCUT2D eigenvalue weighted by Crippen LogP contribution is 2.32. The van der Waals surface area contributed by atoms with Crippen molar-refractivity contribution in [2.24, 2.45) is 0 Å². The molecule has 7 nitrogen and oxygen atoms in total. The molecule has 1 aromatic heterocycles. The van der Waals surface area contributed by atoms with Crippen molar-refractivity contribution in [1.82, 2.24) is 10.5 Å². The number of hydrogen-bond acceptors (Lipinski definition) is 6. The lowest BCUT2D eigenvalue weighted by Crippen LogP contribution is -2.28. The van der Waals surface area contributed by atoms with E-state index < -0.39 is 12.0 Å². The average Bonchev–Trinajstić information content (AvgIpc) is 3.06. The van der Waals surface area contributed by atoms with Gasteiger partial charge in [-0.3, -0.25) is 4.79 Å². The Kier molecular flexibility index (Phi) is 3.74. The number of nitrogens with zero attached hydrogens (tertiary/aromatic N) is 1. The van der Waals surface area contributed by atoms with Gasteiger partial charge in [-0.25, -0.2) is 0 Å². The Balaban J connectivity index is 1.62. The van der Waals surface area contributed by atoms with Gasteiger partial charge in [0.15, 0.2) is 11.5 Å². The number of aromatic nitrogens is 1. The smallest absolute Gasteiger partial charge is 0.289 e. The zero-order chi connectivity index (χ0) is 14.7. The fraction of sp³-hybridized carbons (Fsp3) is 0.286. The number of aliphatic hydroxyl groups is 1. The van der Waals surface area contributed by atoms with E-state index in [0.29, 0.717) is 30.3 Å². The summed E-state index contributed by atoms with van der Waals surface area (Å²) in [7, 11) is 0. The van der Waals surface area contributed by atoms with Crippen LogP contribution in [0.25, 0.3) is 0 Å². The van der Waals surface area contributed by atoms with Gasteiger partial charge >= 0.3 is 0 Å². The molecule has 2 heterocycles. The molecule has 1 aliphatic heterocycles. The van der Waals surface area contributed by atoms with Crippen LogP contribution in [0.5, 0.6) is 11.5 Å². The van der Waals surface area contributed by atoms with E-state index in [-0.39, 0.29) is 12.3 Å². The summed E-state index contributed by atoms with van der Waals surface area (Å²) in [6.45, 7) is 1.05. The first-order valence-electron chi connectivity index (χ1n) is 6.50. The van der Waals surface area contributed by atoms with E-state index in [1.165, 1.54) is 12.3 Å². The van der Waals surface area contributed by atoms with Crippen molar-refractivity contribution in [3.05, 3.63) is 41.8 Å². The van der Waals surface area contributed by atoms with Gasteiger partial charge in [-0.2, -0.15) is 0 Å². The molecular weight excluding hydrogens is 276 g/mol. The highest BCUT2D eigenvalue weighted by atomic mass is 16.6. The van der Waals surface area contributed by atoms with Gasteiger partial charge in [0.2, 0.25) is 5.76 Å². The standard InChI is InChI=1S/C14H14N2O5/c17-10(8-15-14(18)12-3-4-16-21-12)9-1-2-11-13(7-9)20-6-5-19-11/h1-4,7,10,17H,5-6,8H2,(H,15,18). The molecule has 0 aliphatic carbocycles. The third kappa shape index (κ3) is 2.97. The molecule has 0 radical (unpaired) electrons. The zero-order valence-corrected chi connectivity index (χ0v) is 11.1. The molecule has 0 spiro atoms. The van der Waals surface area contributed by atoms with E-state index in [1.807, 2.05) is 0 Å². The van der Waals surface area contributed by atoms with Gasteiger partial charge in [0.25, 0.3) is 5.91 Å². The van der Waals surface area contributed by atoms with Crippen LogP contribution in [0.15, 0.2) is 35.0 Å².